The zero-order valence-electron chi connectivity index (χ0n) is 7.74. The monoisotopic (exact) mass is 209 g/mol. The Labute approximate surface area is 88.3 Å². The molecule has 0 spiro atoms. The van der Waals surface area contributed by atoms with E-state index in [0.717, 1.165) is 24.3 Å². The minimum absolute atomic E-state index is 0.369. The van der Waals surface area contributed by atoms with Gasteiger partial charge in [0.05, 0.1) is 0 Å². The SMILES string of the molecule is O=CNC1CC(c2ccc(Cl)cc2)C1. The van der Waals surface area contributed by atoms with Crippen LogP contribution in [0.15, 0.2) is 24.3 Å². The number of carbonyl (C=O) groups excluding carboxylic acids is 1. The van der Waals surface area contributed by atoms with Crippen molar-refractivity contribution < 1.29 is 4.79 Å². The van der Waals surface area contributed by atoms with Gasteiger partial charge in [-0.2, -0.15) is 0 Å². The van der Waals surface area contributed by atoms with Gasteiger partial charge in [0, 0.05) is 11.1 Å². The maximum absolute atomic E-state index is 10.2. The molecule has 1 fully saturated rings. The Kier molecular flexibility index (Phi) is 2.73. The lowest BCUT2D eigenvalue weighted by Gasteiger charge is -2.35. The molecule has 3 heteroatoms. The summed E-state index contributed by atoms with van der Waals surface area (Å²) >= 11 is 5.80. The van der Waals surface area contributed by atoms with Gasteiger partial charge in [-0.1, -0.05) is 23.7 Å². The molecule has 1 amide bonds. The number of rotatable bonds is 3. The molecule has 0 saturated heterocycles. The fraction of sp³-hybridized carbons (Fsp3) is 0.364. The van der Waals surface area contributed by atoms with Crippen LogP contribution in [-0.4, -0.2) is 12.5 Å². The maximum Gasteiger partial charge on any atom is 0.207 e. The molecule has 0 radical (unpaired) electrons. The van der Waals surface area contributed by atoms with Crippen LogP contribution >= 0.6 is 11.6 Å². The van der Waals surface area contributed by atoms with Gasteiger partial charge in [0.1, 0.15) is 0 Å². The van der Waals surface area contributed by atoms with Crippen molar-refractivity contribution in [3.63, 3.8) is 0 Å². The molecule has 1 aromatic rings. The van der Waals surface area contributed by atoms with E-state index in [1.165, 1.54) is 5.56 Å². The molecule has 0 aromatic heterocycles. The highest BCUT2D eigenvalue weighted by atomic mass is 35.5. The summed E-state index contributed by atoms with van der Waals surface area (Å²) in [6, 6.07) is 8.32. The van der Waals surface area contributed by atoms with E-state index in [-0.39, 0.29) is 0 Å². The maximum atomic E-state index is 10.2. The number of hydrogen-bond donors (Lipinski definition) is 1. The highest BCUT2D eigenvalue weighted by Gasteiger charge is 2.29. The standard InChI is InChI=1S/C11H12ClNO/c12-10-3-1-8(2-4-10)9-5-11(6-9)13-7-14/h1-4,7,9,11H,5-6H2,(H,13,14). The number of hydrogen-bond acceptors (Lipinski definition) is 1. The fourth-order valence-corrected chi connectivity index (χ4v) is 1.98. The number of nitrogens with one attached hydrogen (secondary N) is 1. The minimum Gasteiger partial charge on any atom is -0.356 e. The van der Waals surface area contributed by atoms with E-state index >= 15 is 0 Å². The Morgan fingerprint density at radius 1 is 1.29 bits per heavy atom. The molecule has 0 unspecified atom stereocenters. The number of benzene rings is 1. The average molecular weight is 210 g/mol. The van der Waals surface area contributed by atoms with E-state index in [4.69, 9.17) is 11.6 Å². The molecule has 1 N–H and O–H groups in total. The van der Waals surface area contributed by atoms with Crippen LogP contribution in [0.1, 0.15) is 24.3 Å². The lowest BCUT2D eigenvalue weighted by molar-refractivity contribution is -0.110. The first-order chi connectivity index (χ1) is 6.79. The number of amides is 1. The second-order valence-electron chi connectivity index (χ2n) is 3.70. The van der Waals surface area contributed by atoms with Crippen LogP contribution < -0.4 is 5.32 Å². The predicted octanol–water partition coefficient (Wildman–Crippen LogP) is 2.33. The van der Waals surface area contributed by atoms with Gasteiger partial charge in [-0.3, -0.25) is 4.79 Å². The summed E-state index contributed by atoms with van der Waals surface area (Å²) in [5.41, 5.74) is 1.32. The van der Waals surface area contributed by atoms with Crippen molar-refractivity contribution in [2.75, 3.05) is 0 Å². The molecule has 1 aromatic carbocycles. The first kappa shape index (κ1) is 9.53. The molecule has 0 atom stereocenters. The van der Waals surface area contributed by atoms with Crippen molar-refractivity contribution in [3.05, 3.63) is 34.9 Å². The molecular weight excluding hydrogens is 198 g/mol. The summed E-state index contributed by atoms with van der Waals surface area (Å²) in [4.78, 5) is 10.2. The van der Waals surface area contributed by atoms with E-state index < -0.39 is 0 Å². The summed E-state index contributed by atoms with van der Waals surface area (Å²) in [5.74, 6) is 0.588. The number of carbonyl (C=O) groups is 1. The zero-order valence-corrected chi connectivity index (χ0v) is 8.50. The average Bonchev–Trinajstić information content (AvgIpc) is 2.13. The third-order valence-electron chi connectivity index (χ3n) is 2.78. The topological polar surface area (TPSA) is 29.1 Å². The van der Waals surface area contributed by atoms with Crippen LogP contribution in [0, 0.1) is 0 Å². The Morgan fingerprint density at radius 3 is 2.50 bits per heavy atom. The van der Waals surface area contributed by atoms with E-state index in [2.05, 4.69) is 17.4 Å². The smallest absolute Gasteiger partial charge is 0.207 e. The summed E-state index contributed by atoms with van der Waals surface area (Å²) in [5, 5.41) is 3.56. The highest BCUT2D eigenvalue weighted by molar-refractivity contribution is 6.30. The van der Waals surface area contributed by atoms with Crippen molar-refractivity contribution in [1.29, 1.82) is 0 Å². The molecule has 1 aliphatic carbocycles. The molecular formula is C11H12ClNO. The van der Waals surface area contributed by atoms with Crippen LogP contribution in [0.4, 0.5) is 0 Å². The summed E-state index contributed by atoms with van der Waals surface area (Å²) in [7, 11) is 0. The first-order valence-electron chi connectivity index (χ1n) is 4.75. The van der Waals surface area contributed by atoms with Crippen LogP contribution in [0.2, 0.25) is 5.02 Å². The van der Waals surface area contributed by atoms with Crippen molar-refractivity contribution in [2.45, 2.75) is 24.8 Å². The highest BCUT2D eigenvalue weighted by Crippen LogP contribution is 2.36. The van der Waals surface area contributed by atoms with Gasteiger partial charge in [-0.25, -0.2) is 0 Å². The number of halogens is 1. The quantitative estimate of drug-likeness (QED) is 0.761. The van der Waals surface area contributed by atoms with Gasteiger partial charge in [0.2, 0.25) is 6.41 Å². The van der Waals surface area contributed by atoms with E-state index in [9.17, 15) is 4.79 Å². The molecule has 1 aliphatic rings. The zero-order chi connectivity index (χ0) is 9.97. The summed E-state index contributed by atoms with van der Waals surface area (Å²) in [6.07, 6.45) is 2.86. The van der Waals surface area contributed by atoms with Crippen molar-refractivity contribution in [3.8, 4) is 0 Å². The fourth-order valence-electron chi connectivity index (χ4n) is 1.86. The first-order valence-corrected chi connectivity index (χ1v) is 5.12. The third kappa shape index (κ3) is 1.90. The van der Waals surface area contributed by atoms with Crippen LogP contribution in [0.3, 0.4) is 0 Å². The van der Waals surface area contributed by atoms with Crippen molar-refractivity contribution in [1.82, 2.24) is 5.32 Å². The van der Waals surface area contributed by atoms with Crippen LogP contribution in [0.5, 0.6) is 0 Å². The normalized spacial score (nSPS) is 25.2. The lowest BCUT2D eigenvalue weighted by Crippen LogP contribution is -2.39. The third-order valence-corrected chi connectivity index (χ3v) is 3.04. The lowest BCUT2D eigenvalue weighted by atomic mass is 9.76. The van der Waals surface area contributed by atoms with Gasteiger partial charge in [0.15, 0.2) is 0 Å². The molecule has 2 nitrogen and oxygen atoms in total. The van der Waals surface area contributed by atoms with Gasteiger partial charge < -0.3 is 5.32 Å². The Hall–Kier alpha value is -1.02. The second-order valence-corrected chi connectivity index (χ2v) is 4.14. The Morgan fingerprint density at radius 2 is 1.93 bits per heavy atom. The van der Waals surface area contributed by atoms with E-state index in [1.807, 2.05) is 12.1 Å². The van der Waals surface area contributed by atoms with Gasteiger partial charge in [0.25, 0.3) is 0 Å². The molecule has 0 aliphatic heterocycles. The van der Waals surface area contributed by atoms with Crippen molar-refractivity contribution in [2.24, 2.45) is 0 Å². The Bertz CT molecular complexity index is 317. The van der Waals surface area contributed by atoms with Gasteiger partial charge >= 0.3 is 0 Å². The molecule has 1 saturated carbocycles. The largest absolute Gasteiger partial charge is 0.356 e. The van der Waals surface area contributed by atoms with Gasteiger partial charge in [-0.05, 0) is 36.5 Å². The molecule has 0 heterocycles. The molecule has 0 bridgehead atoms. The van der Waals surface area contributed by atoms with Crippen LogP contribution in [0.25, 0.3) is 0 Å². The predicted molar refractivity (Wildman–Crippen MR) is 56.4 cm³/mol. The van der Waals surface area contributed by atoms with E-state index in [1.54, 1.807) is 0 Å². The Balaban J connectivity index is 1.93. The molecule has 2 rings (SSSR count). The molecule has 74 valence electrons. The minimum atomic E-state index is 0.369. The summed E-state index contributed by atoms with van der Waals surface area (Å²) < 4.78 is 0. The summed E-state index contributed by atoms with van der Waals surface area (Å²) in [6.45, 7) is 0. The second kappa shape index (κ2) is 4.01. The molecule has 14 heavy (non-hydrogen) atoms. The van der Waals surface area contributed by atoms with Gasteiger partial charge in [-0.15, -0.1) is 0 Å². The van der Waals surface area contributed by atoms with E-state index in [0.29, 0.717) is 12.0 Å². The van der Waals surface area contributed by atoms with Crippen LogP contribution in [-0.2, 0) is 4.79 Å². The van der Waals surface area contributed by atoms with Crippen molar-refractivity contribution >= 4 is 18.0 Å².